The summed E-state index contributed by atoms with van der Waals surface area (Å²) in [5, 5.41) is 3.02. The van der Waals surface area contributed by atoms with Gasteiger partial charge < -0.3 is 10.1 Å². The lowest BCUT2D eigenvalue weighted by Crippen LogP contribution is -2.40. The Morgan fingerprint density at radius 2 is 1.90 bits per heavy atom. The third kappa shape index (κ3) is 4.77. The SMILES string of the molecule is CNCCc1cc(OC)ccc1S(=O)(=O)NC(C)(C)C. The van der Waals surface area contributed by atoms with Crippen molar-refractivity contribution in [2.24, 2.45) is 0 Å². The van der Waals surface area contributed by atoms with Gasteiger partial charge in [-0.2, -0.15) is 0 Å². The molecule has 0 heterocycles. The van der Waals surface area contributed by atoms with E-state index >= 15 is 0 Å². The molecule has 20 heavy (non-hydrogen) atoms. The quantitative estimate of drug-likeness (QED) is 0.836. The standard InChI is InChI=1S/C14H24N2O3S/c1-14(2,3)16-20(17,18)13-7-6-12(19-5)10-11(13)8-9-15-4/h6-7,10,15-16H,8-9H2,1-5H3. The molecule has 1 rings (SSSR count). The summed E-state index contributed by atoms with van der Waals surface area (Å²) in [6, 6.07) is 5.03. The van der Waals surface area contributed by atoms with Gasteiger partial charge in [-0.25, -0.2) is 13.1 Å². The van der Waals surface area contributed by atoms with Crippen LogP contribution in [0.2, 0.25) is 0 Å². The van der Waals surface area contributed by atoms with Crippen LogP contribution in [0.5, 0.6) is 5.75 Å². The van der Waals surface area contributed by atoms with Crippen molar-refractivity contribution in [2.45, 2.75) is 37.6 Å². The van der Waals surface area contributed by atoms with Gasteiger partial charge in [0.15, 0.2) is 0 Å². The van der Waals surface area contributed by atoms with Crippen molar-refractivity contribution in [1.29, 1.82) is 0 Å². The van der Waals surface area contributed by atoms with Crippen molar-refractivity contribution < 1.29 is 13.2 Å². The molecular formula is C14H24N2O3S. The zero-order valence-corrected chi connectivity index (χ0v) is 13.6. The maximum absolute atomic E-state index is 12.5. The van der Waals surface area contributed by atoms with Crippen LogP contribution < -0.4 is 14.8 Å². The van der Waals surface area contributed by atoms with Crippen molar-refractivity contribution >= 4 is 10.0 Å². The predicted molar refractivity (Wildman–Crippen MR) is 80.7 cm³/mol. The summed E-state index contributed by atoms with van der Waals surface area (Å²) < 4.78 is 32.8. The van der Waals surface area contributed by atoms with E-state index in [-0.39, 0.29) is 0 Å². The normalized spacial score (nSPS) is 12.4. The summed E-state index contributed by atoms with van der Waals surface area (Å²) in [6.07, 6.45) is 0.619. The first-order valence-electron chi connectivity index (χ1n) is 6.55. The monoisotopic (exact) mass is 300 g/mol. The minimum absolute atomic E-state index is 0.309. The smallest absolute Gasteiger partial charge is 0.241 e. The molecule has 0 atom stereocenters. The van der Waals surface area contributed by atoms with Crippen molar-refractivity contribution in [1.82, 2.24) is 10.0 Å². The molecule has 2 N–H and O–H groups in total. The van der Waals surface area contributed by atoms with Gasteiger partial charge in [-0.3, -0.25) is 0 Å². The van der Waals surface area contributed by atoms with E-state index in [0.29, 0.717) is 23.6 Å². The highest BCUT2D eigenvalue weighted by atomic mass is 32.2. The van der Waals surface area contributed by atoms with Gasteiger partial charge in [0.2, 0.25) is 10.0 Å². The summed E-state index contributed by atoms with van der Waals surface area (Å²) in [4.78, 5) is 0.309. The number of rotatable bonds is 6. The molecule has 0 aliphatic carbocycles. The lowest BCUT2D eigenvalue weighted by Gasteiger charge is -2.22. The molecule has 6 heteroatoms. The van der Waals surface area contributed by atoms with Crippen LogP contribution in [-0.4, -0.2) is 34.7 Å². The highest BCUT2D eigenvalue weighted by Crippen LogP contribution is 2.23. The van der Waals surface area contributed by atoms with Crippen LogP contribution in [0.3, 0.4) is 0 Å². The molecule has 1 aromatic carbocycles. The topological polar surface area (TPSA) is 67.4 Å². The highest BCUT2D eigenvalue weighted by Gasteiger charge is 2.24. The van der Waals surface area contributed by atoms with Crippen LogP contribution in [0.25, 0.3) is 0 Å². The average molecular weight is 300 g/mol. The van der Waals surface area contributed by atoms with Crippen molar-refractivity contribution in [2.75, 3.05) is 20.7 Å². The largest absolute Gasteiger partial charge is 0.497 e. The van der Waals surface area contributed by atoms with E-state index in [1.807, 2.05) is 27.8 Å². The number of nitrogens with one attached hydrogen (secondary N) is 2. The first-order chi connectivity index (χ1) is 9.19. The molecule has 0 aromatic heterocycles. The summed E-state index contributed by atoms with van der Waals surface area (Å²) in [6.45, 7) is 6.16. The molecule has 0 saturated carbocycles. The minimum Gasteiger partial charge on any atom is -0.497 e. The zero-order chi connectivity index (χ0) is 15.4. The van der Waals surface area contributed by atoms with Gasteiger partial charge >= 0.3 is 0 Å². The Morgan fingerprint density at radius 3 is 2.40 bits per heavy atom. The first-order valence-corrected chi connectivity index (χ1v) is 8.03. The van der Waals surface area contributed by atoms with E-state index < -0.39 is 15.6 Å². The van der Waals surface area contributed by atoms with Gasteiger partial charge in [0, 0.05) is 5.54 Å². The number of hydrogen-bond acceptors (Lipinski definition) is 4. The lowest BCUT2D eigenvalue weighted by atomic mass is 10.1. The van der Waals surface area contributed by atoms with Crippen LogP contribution in [-0.2, 0) is 16.4 Å². The van der Waals surface area contributed by atoms with Crippen LogP contribution in [0, 0.1) is 0 Å². The van der Waals surface area contributed by atoms with Crippen molar-refractivity contribution in [3.05, 3.63) is 23.8 Å². The second-order valence-electron chi connectivity index (χ2n) is 5.68. The van der Waals surface area contributed by atoms with E-state index in [9.17, 15) is 8.42 Å². The molecular weight excluding hydrogens is 276 g/mol. The maximum Gasteiger partial charge on any atom is 0.241 e. The Balaban J connectivity index is 3.21. The molecule has 0 bridgehead atoms. The number of ether oxygens (including phenoxy) is 1. The Morgan fingerprint density at radius 1 is 1.25 bits per heavy atom. The number of benzene rings is 1. The zero-order valence-electron chi connectivity index (χ0n) is 12.8. The Hall–Kier alpha value is -1.11. The highest BCUT2D eigenvalue weighted by molar-refractivity contribution is 7.89. The Kier molecular flexibility index (Phi) is 5.56. The van der Waals surface area contributed by atoms with Gasteiger partial charge in [-0.15, -0.1) is 0 Å². The number of hydrogen-bond donors (Lipinski definition) is 2. The summed E-state index contributed by atoms with van der Waals surface area (Å²) in [5.74, 6) is 0.658. The molecule has 0 unspecified atom stereocenters. The molecule has 0 aliphatic rings. The maximum atomic E-state index is 12.5. The fraction of sp³-hybridized carbons (Fsp3) is 0.571. The van der Waals surface area contributed by atoms with Crippen LogP contribution >= 0.6 is 0 Å². The third-order valence-electron chi connectivity index (χ3n) is 2.64. The number of likely N-dealkylation sites (N-methyl/N-ethyl adjacent to an activating group) is 1. The van der Waals surface area contributed by atoms with Gasteiger partial charge in [-0.05, 0) is 64.5 Å². The summed E-state index contributed by atoms with van der Waals surface area (Å²) in [5.41, 5.74) is 0.231. The molecule has 0 aliphatic heterocycles. The molecule has 0 amide bonds. The van der Waals surface area contributed by atoms with Crippen LogP contribution in [0.4, 0.5) is 0 Å². The lowest BCUT2D eigenvalue weighted by molar-refractivity contribution is 0.413. The molecule has 114 valence electrons. The first kappa shape index (κ1) is 16.9. The predicted octanol–water partition coefficient (Wildman–Crippen LogP) is 1.53. The van der Waals surface area contributed by atoms with Crippen LogP contribution in [0.15, 0.2) is 23.1 Å². The molecule has 0 saturated heterocycles. The van der Waals surface area contributed by atoms with E-state index in [1.165, 1.54) is 0 Å². The van der Waals surface area contributed by atoms with Gasteiger partial charge in [-0.1, -0.05) is 0 Å². The Labute approximate surface area is 121 Å². The second-order valence-corrected chi connectivity index (χ2v) is 7.33. The van der Waals surface area contributed by atoms with Gasteiger partial charge in [0.05, 0.1) is 12.0 Å². The third-order valence-corrected chi connectivity index (χ3v) is 4.50. The molecule has 1 aromatic rings. The Bertz CT molecular complexity index is 548. The summed E-state index contributed by atoms with van der Waals surface area (Å²) >= 11 is 0. The van der Waals surface area contributed by atoms with E-state index in [2.05, 4.69) is 10.0 Å². The molecule has 0 spiro atoms. The minimum atomic E-state index is -3.54. The average Bonchev–Trinajstić information content (AvgIpc) is 2.32. The molecule has 0 radical (unpaired) electrons. The fourth-order valence-corrected chi connectivity index (χ4v) is 3.53. The van der Waals surface area contributed by atoms with E-state index in [0.717, 1.165) is 5.56 Å². The van der Waals surface area contributed by atoms with Gasteiger partial charge in [0.1, 0.15) is 5.75 Å². The van der Waals surface area contributed by atoms with E-state index in [1.54, 1.807) is 25.3 Å². The van der Waals surface area contributed by atoms with Crippen LogP contribution in [0.1, 0.15) is 26.3 Å². The second kappa shape index (κ2) is 6.56. The number of sulfonamides is 1. The summed E-state index contributed by atoms with van der Waals surface area (Å²) in [7, 11) is -0.134. The van der Waals surface area contributed by atoms with E-state index in [4.69, 9.17) is 4.74 Å². The van der Waals surface area contributed by atoms with Gasteiger partial charge in [0.25, 0.3) is 0 Å². The van der Waals surface area contributed by atoms with Crippen molar-refractivity contribution in [3.63, 3.8) is 0 Å². The molecule has 5 nitrogen and oxygen atoms in total. The fourth-order valence-electron chi connectivity index (χ4n) is 1.86. The number of methoxy groups -OCH3 is 1. The van der Waals surface area contributed by atoms with Crippen molar-refractivity contribution in [3.8, 4) is 5.75 Å². The molecule has 0 fully saturated rings.